The minimum absolute atomic E-state index is 0.137. The largest absolute Gasteiger partial charge is 0.497 e. The van der Waals surface area contributed by atoms with Crippen LogP contribution in [0.25, 0.3) is 0 Å². The monoisotopic (exact) mass is 278 g/mol. The number of methoxy groups -OCH3 is 1. The summed E-state index contributed by atoms with van der Waals surface area (Å²) in [6.45, 7) is 6.23. The number of ether oxygens (including phenoxy) is 2. The summed E-state index contributed by atoms with van der Waals surface area (Å²) in [5.74, 6) is 0.735. The fourth-order valence-electron chi connectivity index (χ4n) is 2.36. The Morgan fingerprint density at radius 2 is 2.00 bits per heavy atom. The van der Waals surface area contributed by atoms with Crippen molar-refractivity contribution in [2.45, 2.75) is 6.92 Å². The first-order chi connectivity index (χ1) is 9.72. The van der Waals surface area contributed by atoms with E-state index in [2.05, 4.69) is 15.9 Å². The van der Waals surface area contributed by atoms with Gasteiger partial charge in [0.1, 0.15) is 5.75 Å². The van der Waals surface area contributed by atoms with Crippen LogP contribution in [0, 0.1) is 0 Å². The third-order valence-electron chi connectivity index (χ3n) is 3.45. The normalized spacial score (nSPS) is 16.0. The van der Waals surface area contributed by atoms with E-state index in [9.17, 15) is 4.79 Å². The molecule has 0 aliphatic carbocycles. The molecule has 0 saturated carbocycles. The number of nitrogens with zero attached hydrogens (tertiary/aromatic N) is 2. The average molecular weight is 278 g/mol. The summed E-state index contributed by atoms with van der Waals surface area (Å²) in [7, 11) is 1.68. The molecule has 0 spiro atoms. The lowest BCUT2D eigenvalue weighted by molar-refractivity contribution is -0.144. The molecule has 1 saturated heterocycles. The van der Waals surface area contributed by atoms with Gasteiger partial charge in [-0.15, -0.1) is 0 Å². The van der Waals surface area contributed by atoms with Crippen molar-refractivity contribution in [2.75, 3.05) is 51.3 Å². The molecular weight excluding hydrogens is 256 g/mol. The van der Waals surface area contributed by atoms with Crippen LogP contribution in [0.3, 0.4) is 0 Å². The van der Waals surface area contributed by atoms with Gasteiger partial charge in [0.05, 0.1) is 20.3 Å². The van der Waals surface area contributed by atoms with E-state index in [1.807, 2.05) is 25.1 Å². The highest BCUT2D eigenvalue weighted by molar-refractivity contribution is 5.71. The maximum atomic E-state index is 11.5. The summed E-state index contributed by atoms with van der Waals surface area (Å²) in [6.07, 6.45) is 0. The predicted molar refractivity (Wildman–Crippen MR) is 78.3 cm³/mol. The maximum absolute atomic E-state index is 11.5. The van der Waals surface area contributed by atoms with Gasteiger partial charge in [0.2, 0.25) is 0 Å². The van der Waals surface area contributed by atoms with Crippen LogP contribution in [0.15, 0.2) is 24.3 Å². The molecule has 5 heteroatoms. The molecule has 20 heavy (non-hydrogen) atoms. The average Bonchev–Trinajstić information content (AvgIpc) is 2.48. The van der Waals surface area contributed by atoms with Gasteiger partial charge in [-0.1, -0.05) is 6.07 Å². The molecule has 1 heterocycles. The van der Waals surface area contributed by atoms with Gasteiger partial charge < -0.3 is 14.4 Å². The minimum atomic E-state index is -0.137. The Bertz CT molecular complexity index is 442. The number of anilines is 1. The van der Waals surface area contributed by atoms with Crippen molar-refractivity contribution < 1.29 is 14.3 Å². The Labute approximate surface area is 120 Å². The fourth-order valence-corrected chi connectivity index (χ4v) is 2.36. The first kappa shape index (κ1) is 14.7. The number of esters is 1. The first-order valence-corrected chi connectivity index (χ1v) is 7.00. The standard InChI is InChI=1S/C15H22N2O3/c1-3-20-15(18)12-16-7-9-17(10-8-16)13-5-4-6-14(11-13)19-2/h4-6,11H,3,7-10,12H2,1-2H3. The Morgan fingerprint density at radius 1 is 1.25 bits per heavy atom. The summed E-state index contributed by atoms with van der Waals surface area (Å²) >= 11 is 0. The fraction of sp³-hybridized carbons (Fsp3) is 0.533. The molecule has 0 aromatic heterocycles. The summed E-state index contributed by atoms with van der Waals surface area (Å²) in [6, 6.07) is 8.07. The molecule has 1 aliphatic rings. The lowest BCUT2D eigenvalue weighted by Crippen LogP contribution is -2.48. The molecular formula is C15H22N2O3. The Kier molecular flexibility index (Phi) is 5.24. The van der Waals surface area contributed by atoms with Crippen molar-refractivity contribution in [3.05, 3.63) is 24.3 Å². The molecule has 0 unspecified atom stereocenters. The molecule has 1 aliphatic heterocycles. The lowest BCUT2D eigenvalue weighted by Gasteiger charge is -2.35. The molecule has 110 valence electrons. The van der Waals surface area contributed by atoms with Crippen LogP contribution in [0.1, 0.15) is 6.92 Å². The summed E-state index contributed by atoms with van der Waals surface area (Å²) in [5.41, 5.74) is 1.17. The third kappa shape index (κ3) is 3.87. The van der Waals surface area contributed by atoms with Crippen LogP contribution in [0.2, 0.25) is 0 Å². The van der Waals surface area contributed by atoms with E-state index in [0.717, 1.165) is 31.9 Å². The van der Waals surface area contributed by atoms with Gasteiger partial charge in [-0.05, 0) is 19.1 Å². The van der Waals surface area contributed by atoms with E-state index < -0.39 is 0 Å². The summed E-state index contributed by atoms with van der Waals surface area (Å²) in [4.78, 5) is 15.9. The SMILES string of the molecule is CCOC(=O)CN1CCN(c2cccc(OC)c2)CC1. The zero-order valence-corrected chi connectivity index (χ0v) is 12.2. The number of hydrogen-bond acceptors (Lipinski definition) is 5. The number of rotatable bonds is 5. The predicted octanol–water partition coefficient (Wildman–Crippen LogP) is 1.38. The van der Waals surface area contributed by atoms with Gasteiger partial charge in [-0.2, -0.15) is 0 Å². The van der Waals surface area contributed by atoms with Crippen molar-refractivity contribution in [1.82, 2.24) is 4.90 Å². The molecule has 0 radical (unpaired) electrons. The second-order valence-electron chi connectivity index (χ2n) is 4.77. The molecule has 0 atom stereocenters. The molecule has 0 amide bonds. The Hall–Kier alpha value is -1.75. The van der Waals surface area contributed by atoms with E-state index in [0.29, 0.717) is 13.2 Å². The summed E-state index contributed by atoms with van der Waals surface area (Å²) < 4.78 is 10.2. The van der Waals surface area contributed by atoms with Crippen molar-refractivity contribution in [3.8, 4) is 5.75 Å². The molecule has 0 bridgehead atoms. The topological polar surface area (TPSA) is 42.0 Å². The second kappa shape index (κ2) is 7.14. The number of benzene rings is 1. The number of carbonyl (C=O) groups excluding carboxylic acids is 1. The lowest BCUT2D eigenvalue weighted by atomic mass is 10.2. The highest BCUT2D eigenvalue weighted by atomic mass is 16.5. The Morgan fingerprint density at radius 3 is 2.65 bits per heavy atom. The van der Waals surface area contributed by atoms with Gasteiger partial charge in [0, 0.05) is 37.9 Å². The van der Waals surface area contributed by atoms with Gasteiger partial charge in [0.25, 0.3) is 0 Å². The van der Waals surface area contributed by atoms with E-state index in [1.54, 1.807) is 7.11 Å². The number of hydrogen-bond donors (Lipinski definition) is 0. The van der Waals surface area contributed by atoms with Gasteiger partial charge in [-0.3, -0.25) is 9.69 Å². The molecule has 5 nitrogen and oxygen atoms in total. The summed E-state index contributed by atoms with van der Waals surface area (Å²) in [5, 5.41) is 0. The third-order valence-corrected chi connectivity index (χ3v) is 3.45. The Balaban J connectivity index is 1.86. The van der Waals surface area contributed by atoms with Crippen LogP contribution in [0.5, 0.6) is 5.75 Å². The number of piperazine rings is 1. The quantitative estimate of drug-likeness (QED) is 0.761. The van der Waals surface area contributed by atoms with Crippen LogP contribution >= 0.6 is 0 Å². The molecule has 1 fully saturated rings. The van der Waals surface area contributed by atoms with Gasteiger partial charge >= 0.3 is 5.97 Å². The molecule has 1 aromatic carbocycles. The zero-order valence-electron chi connectivity index (χ0n) is 12.2. The van der Waals surface area contributed by atoms with E-state index >= 15 is 0 Å². The van der Waals surface area contributed by atoms with Crippen LogP contribution in [-0.2, 0) is 9.53 Å². The van der Waals surface area contributed by atoms with Crippen LogP contribution in [0.4, 0.5) is 5.69 Å². The minimum Gasteiger partial charge on any atom is -0.497 e. The maximum Gasteiger partial charge on any atom is 0.320 e. The van der Waals surface area contributed by atoms with E-state index in [4.69, 9.17) is 9.47 Å². The highest BCUT2D eigenvalue weighted by Crippen LogP contribution is 2.21. The van der Waals surface area contributed by atoms with Crippen LogP contribution < -0.4 is 9.64 Å². The highest BCUT2D eigenvalue weighted by Gasteiger charge is 2.19. The van der Waals surface area contributed by atoms with Crippen molar-refractivity contribution in [1.29, 1.82) is 0 Å². The molecule has 2 rings (SSSR count). The van der Waals surface area contributed by atoms with Crippen molar-refractivity contribution >= 4 is 11.7 Å². The molecule has 0 N–H and O–H groups in total. The second-order valence-corrected chi connectivity index (χ2v) is 4.77. The number of carbonyl (C=O) groups is 1. The van der Waals surface area contributed by atoms with Gasteiger partial charge in [-0.25, -0.2) is 0 Å². The van der Waals surface area contributed by atoms with Crippen LogP contribution in [-0.4, -0.2) is 57.3 Å². The van der Waals surface area contributed by atoms with Crippen molar-refractivity contribution in [2.24, 2.45) is 0 Å². The molecule has 1 aromatic rings. The van der Waals surface area contributed by atoms with Crippen molar-refractivity contribution in [3.63, 3.8) is 0 Å². The van der Waals surface area contributed by atoms with E-state index in [1.165, 1.54) is 5.69 Å². The van der Waals surface area contributed by atoms with Gasteiger partial charge in [0.15, 0.2) is 0 Å². The smallest absolute Gasteiger partial charge is 0.320 e. The van der Waals surface area contributed by atoms with E-state index in [-0.39, 0.29) is 5.97 Å². The zero-order chi connectivity index (χ0) is 14.4. The first-order valence-electron chi connectivity index (χ1n) is 7.00.